The Morgan fingerprint density at radius 2 is 1.89 bits per heavy atom. The van der Waals surface area contributed by atoms with E-state index in [0.717, 1.165) is 23.9 Å². The van der Waals surface area contributed by atoms with Crippen molar-refractivity contribution >= 4 is 17.3 Å². The van der Waals surface area contributed by atoms with E-state index in [1.165, 1.54) is 12.1 Å². The third kappa shape index (κ3) is 3.04. The molecular weight excluding hydrogens is 272 g/mol. The zero-order valence-electron chi connectivity index (χ0n) is 10.7. The first-order valence-electron chi connectivity index (χ1n) is 5.91. The highest BCUT2D eigenvalue weighted by molar-refractivity contribution is 6.31. The maximum absolute atomic E-state index is 13.0. The Hall–Kier alpha value is -1.62. The summed E-state index contributed by atoms with van der Waals surface area (Å²) in [7, 11) is 1.79. The number of nitrogens with zero attached hydrogens (tertiary/aromatic N) is 2. The van der Waals surface area contributed by atoms with Crippen LogP contribution in [0.3, 0.4) is 0 Å². The molecule has 102 valence electrons. The summed E-state index contributed by atoms with van der Waals surface area (Å²) < 4.78 is 27.8. The van der Waals surface area contributed by atoms with Crippen LogP contribution in [0.1, 0.15) is 18.3 Å². The topological polar surface area (TPSA) is 29.9 Å². The predicted molar refractivity (Wildman–Crippen MR) is 71.3 cm³/mol. The van der Waals surface area contributed by atoms with Gasteiger partial charge in [-0.25, -0.2) is 8.78 Å². The number of nitrogens with one attached hydrogen (secondary N) is 1. The van der Waals surface area contributed by atoms with Gasteiger partial charge in [0.25, 0.3) is 0 Å². The van der Waals surface area contributed by atoms with Gasteiger partial charge in [0, 0.05) is 18.8 Å². The Kier molecular flexibility index (Phi) is 4.04. The average molecular weight is 286 g/mol. The van der Waals surface area contributed by atoms with Crippen molar-refractivity contribution in [3.05, 3.63) is 46.2 Å². The lowest BCUT2D eigenvalue weighted by Crippen LogP contribution is -2.06. The fourth-order valence-corrected chi connectivity index (χ4v) is 2.21. The molecule has 0 amide bonds. The molecule has 1 heterocycles. The highest BCUT2D eigenvalue weighted by Gasteiger charge is 2.12. The molecule has 0 aliphatic heterocycles. The van der Waals surface area contributed by atoms with Crippen molar-refractivity contribution < 1.29 is 8.78 Å². The van der Waals surface area contributed by atoms with E-state index in [9.17, 15) is 8.78 Å². The number of hydrogen-bond donors (Lipinski definition) is 1. The number of benzene rings is 1. The first-order valence-corrected chi connectivity index (χ1v) is 6.29. The minimum Gasteiger partial charge on any atom is -0.379 e. The molecule has 1 N–H and O–H groups in total. The first-order chi connectivity index (χ1) is 9.01. The number of aromatic nitrogens is 2. The Bertz CT molecular complexity index is 576. The molecule has 0 spiro atoms. The number of rotatable bonds is 4. The number of hydrogen-bond acceptors (Lipinski definition) is 2. The summed E-state index contributed by atoms with van der Waals surface area (Å²) in [5.41, 5.74) is 1.96. The highest BCUT2D eigenvalue weighted by Crippen LogP contribution is 2.22. The average Bonchev–Trinajstić information content (AvgIpc) is 2.61. The molecule has 1 aromatic heterocycles. The third-order valence-corrected chi connectivity index (χ3v) is 3.26. The largest absolute Gasteiger partial charge is 0.379 e. The van der Waals surface area contributed by atoms with Crippen LogP contribution in [0, 0.1) is 11.6 Å². The minimum atomic E-state index is -0.618. The molecule has 0 radical (unpaired) electrons. The van der Waals surface area contributed by atoms with Crippen molar-refractivity contribution in [2.75, 3.05) is 5.32 Å². The summed E-state index contributed by atoms with van der Waals surface area (Å²) in [6, 6.07) is 3.29. The van der Waals surface area contributed by atoms with Crippen LogP contribution in [-0.2, 0) is 20.0 Å². The summed E-state index contributed by atoms with van der Waals surface area (Å²) in [5.74, 6) is -1.24. The van der Waals surface area contributed by atoms with Crippen LogP contribution < -0.4 is 5.32 Å². The lowest BCUT2D eigenvalue weighted by atomic mass is 10.2. The van der Waals surface area contributed by atoms with Gasteiger partial charge in [-0.1, -0.05) is 18.5 Å². The van der Waals surface area contributed by atoms with Crippen molar-refractivity contribution in [2.24, 2.45) is 7.05 Å². The van der Waals surface area contributed by atoms with Gasteiger partial charge in [-0.05, 0) is 18.6 Å². The standard InChI is InChI=1S/C13H14ClF2N3/c1-3-11-13(14)12(19(2)18-11)7-17-10-5-8(15)4-9(16)6-10/h4-6,17H,3,7H2,1-2H3. The van der Waals surface area contributed by atoms with E-state index < -0.39 is 11.6 Å². The lowest BCUT2D eigenvalue weighted by molar-refractivity contribution is 0.584. The van der Waals surface area contributed by atoms with Crippen molar-refractivity contribution in [2.45, 2.75) is 19.9 Å². The molecule has 0 fully saturated rings. The van der Waals surface area contributed by atoms with Gasteiger partial charge < -0.3 is 5.32 Å². The van der Waals surface area contributed by atoms with E-state index >= 15 is 0 Å². The summed E-state index contributed by atoms with van der Waals surface area (Å²) in [4.78, 5) is 0. The van der Waals surface area contributed by atoms with Crippen molar-refractivity contribution in [3.63, 3.8) is 0 Å². The Balaban J connectivity index is 2.16. The molecule has 0 unspecified atom stereocenters. The van der Waals surface area contributed by atoms with Crippen LogP contribution in [0.4, 0.5) is 14.5 Å². The van der Waals surface area contributed by atoms with Crippen molar-refractivity contribution in [1.29, 1.82) is 0 Å². The van der Waals surface area contributed by atoms with Gasteiger partial charge in [0.1, 0.15) is 11.6 Å². The van der Waals surface area contributed by atoms with Gasteiger partial charge >= 0.3 is 0 Å². The molecule has 0 saturated heterocycles. The zero-order valence-corrected chi connectivity index (χ0v) is 11.4. The van der Waals surface area contributed by atoms with Gasteiger partial charge in [0.05, 0.1) is 23.0 Å². The molecule has 0 aliphatic carbocycles. The molecule has 0 aliphatic rings. The molecule has 1 aromatic carbocycles. The number of aryl methyl sites for hydroxylation is 2. The normalized spacial score (nSPS) is 10.8. The minimum absolute atomic E-state index is 0.352. The van der Waals surface area contributed by atoms with Gasteiger partial charge in [-0.2, -0.15) is 5.10 Å². The lowest BCUT2D eigenvalue weighted by Gasteiger charge is -2.07. The molecule has 0 atom stereocenters. The smallest absolute Gasteiger partial charge is 0.128 e. The maximum Gasteiger partial charge on any atom is 0.128 e. The molecule has 0 saturated carbocycles. The van der Waals surface area contributed by atoms with Gasteiger partial charge in [0.2, 0.25) is 0 Å². The molecule has 0 bridgehead atoms. The number of halogens is 3. The second-order valence-corrected chi connectivity index (χ2v) is 4.57. The van der Waals surface area contributed by atoms with Crippen molar-refractivity contribution in [3.8, 4) is 0 Å². The molecule has 19 heavy (non-hydrogen) atoms. The molecule has 2 rings (SSSR count). The quantitative estimate of drug-likeness (QED) is 0.931. The van der Waals surface area contributed by atoms with Crippen LogP contribution in [-0.4, -0.2) is 9.78 Å². The fraction of sp³-hybridized carbons (Fsp3) is 0.308. The summed E-state index contributed by atoms with van der Waals surface area (Å²) in [5, 5.41) is 7.80. The molecular formula is C13H14ClF2N3. The zero-order chi connectivity index (χ0) is 14.0. The Labute approximate surface area is 115 Å². The van der Waals surface area contributed by atoms with Crippen LogP contribution in [0.15, 0.2) is 18.2 Å². The molecule has 6 heteroatoms. The van der Waals surface area contributed by atoms with E-state index in [-0.39, 0.29) is 0 Å². The Morgan fingerprint density at radius 3 is 2.42 bits per heavy atom. The third-order valence-electron chi connectivity index (χ3n) is 2.83. The summed E-state index contributed by atoms with van der Waals surface area (Å²) >= 11 is 6.19. The predicted octanol–water partition coefficient (Wildman–Crippen LogP) is 3.53. The first kappa shape index (κ1) is 13.8. The van der Waals surface area contributed by atoms with Gasteiger partial charge in [-0.15, -0.1) is 0 Å². The number of anilines is 1. The van der Waals surface area contributed by atoms with E-state index in [1.807, 2.05) is 6.92 Å². The van der Waals surface area contributed by atoms with E-state index in [0.29, 0.717) is 17.3 Å². The molecule has 3 nitrogen and oxygen atoms in total. The highest BCUT2D eigenvalue weighted by atomic mass is 35.5. The van der Waals surface area contributed by atoms with Crippen molar-refractivity contribution in [1.82, 2.24) is 9.78 Å². The second-order valence-electron chi connectivity index (χ2n) is 4.20. The van der Waals surface area contributed by atoms with Crippen LogP contribution in [0.5, 0.6) is 0 Å². The van der Waals surface area contributed by atoms with Crippen LogP contribution >= 0.6 is 11.6 Å². The van der Waals surface area contributed by atoms with Crippen LogP contribution in [0.25, 0.3) is 0 Å². The summed E-state index contributed by atoms with van der Waals surface area (Å²) in [6.07, 6.45) is 0.737. The van der Waals surface area contributed by atoms with E-state index in [2.05, 4.69) is 10.4 Å². The Morgan fingerprint density at radius 1 is 1.26 bits per heavy atom. The maximum atomic E-state index is 13.0. The monoisotopic (exact) mass is 285 g/mol. The van der Waals surface area contributed by atoms with Gasteiger partial charge in [-0.3, -0.25) is 4.68 Å². The second kappa shape index (κ2) is 5.57. The SMILES string of the molecule is CCc1nn(C)c(CNc2cc(F)cc(F)c2)c1Cl. The van der Waals surface area contributed by atoms with Crippen LogP contribution in [0.2, 0.25) is 5.02 Å². The fourth-order valence-electron chi connectivity index (χ4n) is 1.85. The van der Waals surface area contributed by atoms with E-state index in [1.54, 1.807) is 11.7 Å². The summed E-state index contributed by atoms with van der Waals surface area (Å²) in [6.45, 7) is 2.32. The molecule has 2 aromatic rings. The van der Waals surface area contributed by atoms with Gasteiger partial charge in [0.15, 0.2) is 0 Å². The van der Waals surface area contributed by atoms with E-state index in [4.69, 9.17) is 11.6 Å².